The fourth-order valence-electron chi connectivity index (χ4n) is 3.31. The molecule has 0 aromatic heterocycles. The number of hydrogen-bond acceptors (Lipinski definition) is 3. The van der Waals surface area contributed by atoms with Crippen LogP contribution in [-0.4, -0.2) is 55.5 Å². The minimum Gasteiger partial charge on any atom is -0.383 e. The van der Waals surface area contributed by atoms with Crippen LogP contribution in [0, 0.1) is 5.92 Å². The lowest BCUT2D eigenvalue weighted by molar-refractivity contribution is -0.147. The van der Waals surface area contributed by atoms with Crippen LogP contribution in [0.2, 0.25) is 5.02 Å². The highest BCUT2D eigenvalue weighted by atomic mass is 35.5. The van der Waals surface area contributed by atoms with Crippen molar-refractivity contribution in [3.63, 3.8) is 0 Å². The summed E-state index contributed by atoms with van der Waals surface area (Å²) in [5.74, 6) is -0.128. The number of nitrogens with zero attached hydrogens (tertiary/aromatic N) is 2. The van der Waals surface area contributed by atoms with Gasteiger partial charge in [-0.2, -0.15) is 0 Å². The molecule has 2 atom stereocenters. The van der Waals surface area contributed by atoms with E-state index in [1.807, 2.05) is 25.1 Å². The number of amides is 2. The highest BCUT2D eigenvalue weighted by molar-refractivity contribution is 6.30. The average Bonchev–Trinajstić information content (AvgIpc) is 2.58. The van der Waals surface area contributed by atoms with Crippen molar-refractivity contribution in [2.24, 2.45) is 5.92 Å². The van der Waals surface area contributed by atoms with E-state index < -0.39 is 0 Å². The smallest absolute Gasteiger partial charge is 0.227 e. The van der Waals surface area contributed by atoms with E-state index in [1.165, 1.54) is 0 Å². The number of ether oxygens (including phenoxy) is 1. The Labute approximate surface area is 148 Å². The number of rotatable bonds is 6. The maximum Gasteiger partial charge on any atom is 0.227 e. The van der Waals surface area contributed by atoms with Gasteiger partial charge >= 0.3 is 0 Å². The van der Waals surface area contributed by atoms with E-state index in [2.05, 4.69) is 0 Å². The lowest BCUT2D eigenvalue weighted by Crippen LogP contribution is -2.48. The van der Waals surface area contributed by atoms with Gasteiger partial charge in [0, 0.05) is 38.7 Å². The van der Waals surface area contributed by atoms with E-state index >= 15 is 0 Å². The fourth-order valence-corrected chi connectivity index (χ4v) is 3.51. The van der Waals surface area contributed by atoms with Crippen LogP contribution in [0.3, 0.4) is 0 Å². The summed E-state index contributed by atoms with van der Waals surface area (Å²) in [6.07, 6.45) is 0.960. The van der Waals surface area contributed by atoms with E-state index in [0.717, 1.165) is 5.56 Å². The predicted octanol–water partition coefficient (Wildman–Crippen LogP) is 2.74. The summed E-state index contributed by atoms with van der Waals surface area (Å²) in [5.41, 5.74) is 0.913. The Kier molecular flexibility index (Phi) is 6.63. The first-order valence-corrected chi connectivity index (χ1v) is 8.66. The molecule has 0 radical (unpaired) electrons. The lowest BCUT2D eigenvalue weighted by Gasteiger charge is -2.41. The summed E-state index contributed by atoms with van der Waals surface area (Å²) >= 11 is 6.13. The second-order valence-electron chi connectivity index (χ2n) is 6.08. The van der Waals surface area contributed by atoms with E-state index in [0.29, 0.717) is 37.6 Å². The van der Waals surface area contributed by atoms with E-state index in [4.69, 9.17) is 16.3 Å². The van der Waals surface area contributed by atoms with Gasteiger partial charge in [-0.05, 0) is 31.0 Å². The third kappa shape index (κ3) is 4.08. The Morgan fingerprint density at radius 1 is 1.46 bits per heavy atom. The van der Waals surface area contributed by atoms with Gasteiger partial charge in [0.1, 0.15) is 0 Å². The zero-order valence-corrected chi connectivity index (χ0v) is 15.3. The Bertz CT molecular complexity index is 593. The Morgan fingerprint density at radius 2 is 2.21 bits per heavy atom. The van der Waals surface area contributed by atoms with E-state index in [1.54, 1.807) is 30.0 Å². The summed E-state index contributed by atoms with van der Waals surface area (Å²) in [4.78, 5) is 28.8. The maximum atomic E-state index is 12.9. The van der Waals surface area contributed by atoms with Crippen molar-refractivity contribution in [2.75, 3.05) is 33.9 Å². The molecular weight excluding hydrogens is 328 g/mol. The Morgan fingerprint density at radius 3 is 2.83 bits per heavy atom. The van der Waals surface area contributed by atoms with Crippen LogP contribution in [0.5, 0.6) is 0 Å². The molecule has 0 unspecified atom stereocenters. The number of likely N-dealkylation sites (N-methyl/N-ethyl adjacent to an activating group) is 1. The van der Waals surface area contributed by atoms with Gasteiger partial charge in [-0.1, -0.05) is 23.7 Å². The Balaban J connectivity index is 2.33. The lowest BCUT2D eigenvalue weighted by atomic mass is 9.83. The van der Waals surface area contributed by atoms with Gasteiger partial charge in [-0.25, -0.2) is 0 Å². The first-order valence-electron chi connectivity index (χ1n) is 8.28. The summed E-state index contributed by atoms with van der Waals surface area (Å²) in [5, 5.41) is 0.612. The molecule has 6 heteroatoms. The number of likely N-dealkylation sites (tertiary alicyclic amines) is 1. The highest BCUT2D eigenvalue weighted by Crippen LogP contribution is 2.38. The van der Waals surface area contributed by atoms with Crippen molar-refractivity contribution >= 4 is 23.4 Å². The predicted molar refractivity (Wildman–Crippen MR) is 93.8 cm³/mol. The first kappa shape index (κ1) is 18.7. The molecule has 5 nitrogen and oxygen atoms in total. The van der Waals surface area contributed by atoms with Gasteiger partial charge in [0.05, 0.1) is 18.6 Å². The van der Waals surface area contributed by atoms with Crippen molar-refractivity contribution in [3.05, 3.63) is 34.9 Å². The molecule has 1 aliphatic rings. The average molecular weight is 353 g/mol. The summed E-state index contributed by atoms with van der Waals surface area (Å²) in [6, 6.07) is 7.18. The van der Waals surface area contributed by atoms with Gasteiger partial charge in [-0.3, -0.25) is 9.59 Å². The molecule has 1 fully saturated rings. The van der Waals surface area contributed by atoms with Crippen LogP contribution in [0.25, 0.3) is 0 Å². The first-order chi connectivity index (χ1) is 11.5. The Hall–Kier alpha value is -1.59. The number of carbonyl (C=O) groups is 2. The van der Waals surface area contributed by atoms with Crippen LogP contribution >= 0.6 is 11.6 Å². The normalized spacial score (nSPS) is 21.0. The molecule has 0 bridgehead atoms. The van der Waals surface area contributed by atoms with Crippen LogP contribution in [0.15, 0.2) is 24.3 Å². The molecule has 0 spiro atoms. The van der Waals surface area contributed by atoms with Gasteiger partial charge in [-0.15, -0.1) is 0 Å². The number of halogens is 1. The zero-order chi connectivity index (χ0) is 17.7. The third-order valence-corrected chi connectivity index (χ3v) is 4.80. The van der Waals surface area contributed by atoms with Crippen LogP contribution in [0.1, 0.15) is 31.4 Å². The molecule has 0 aliphatic carbocycles. The standard InChI is InChI=1S/C18H25ClN2O3/c1-4-21-16(22)9-8-15(18(23)20(2)10-11-24-3)17(21)13-6-5-7-14(19)12-13/h5-7,12,15,17H,4,8-11H2,1-3H3/t15-,17+/m1/s1. The second-order valence-corrected chi connectivity index (χ2v) is 6.51. The van der Waals surface area contributed by atoms with Crippen LogP contribution in [0.4, 0.5) is 0 Å². The largest absolute Gasteiger partial charge is 0.383 e. The van der Waals surface area contributed by atoms with Crippen molar-refractivity contribution in [1.29, 1.82) is 0 Å². The number of piperidine rings is 1. The van der Waals surface area contributed by atoms with Crippen molar-refractivity contribution in [1.82, 2.24) is 9.80 Å². The van der Waals surface area contributed by atoms with E-state index in [9.17, 15) is 9.59 Å². The molecule has 0 saturated carbocycles. The molecule has 24 heavy (non-hydrogen) atoms. The molecule has 1 aliphatic heterocycles. The molecule has 1 aromatic carbocycles. The van der Waals surface area contributed by atoms with E-state index in [-0.39, 0.29) is 23.8 Å². The second kappa shape index (κ2) is 8.49. The SMILES string of the molecule is CCN1C(=O)CC[C@@H](C(=O)N(C)CCOC)[C@@H]1c1cccc(Cl)c1. The molecular formula is C18H25ClN2O3. The van der Waals surface area contributed by atoms with Crippen molar-refractivity contribution in [3.8, 4) is 0 Å². The summed E-state index contributed by atoms with van der Waals surface area (Å²) in [7, 11) is 3.40. The molecule has 2 amide bonds. The van der Waals surface area contributed by atoms with Gasteiger partial charge in [0.2, 0.25) is 11.8 Å². The highest BCUT2D eigenvalue weighted by Gasteiger charge is 2.40. The van der Waals surface area contributed by atoms with Gasteiger partial charge < -0.3 is 14.5 Å². The molecule has 1 heterocycles. The number of carbonyl (C=O) groups excluding carboxylic acids is 2. The fraction of sp³-hybridized carbons (Fsp3) is 0.556. The van der Waals surface area contributed by atoms with Crippen molar-refractivity contribution in [2.45, 2.75) is 25.8 Å². The molecule has 2 rings (SSSR count). The third-order valence-electron chi connectivity index (χ3n) is 4.56. The quantitative estimate of drug-likeness (QED) is 0.791. The molecule has 132 valence electrons. The molecule has 1 saturated heterocycles. The molecule has 0 N–H and O–H groups in total. The van der Waals surface area contributed by atoms with Crippen LogP contribution in [-0.2, 0) is 14.3 Å². The van der Waals surface area contributed by atoms with Crippen molar-refractivity contribution < 1.29 is 14.3 Å². The monoisotopic (exact) mass is 352 g/mol. The minimum absolute atomic E-state index is 0.0444. The van der Waals surface area contributed by atoms with Gasteiger partial charge in [0.25, 0.3) is 0 Å². The maximum absolute atomic E-state index is 12.9. The number of benzene rings is 1. The topological polar surface area (TPSA) is 49.9 Å². The minimum atomic E-state index is -0.271. The van der Waals surface area contributed by atoms with Crippen LogP contribution < -0.4 is 0 Å². The number of methoxy groups -OCH3 is 1. The summed E-state index contributed by atoms with van der Waals surface area (Å²) in [6.45, 7) is 3.54. The zero-order valence-electron chi connectivity index (χ0n) is 14.5. The summed E-state index contributed by atoms with van der Waals surface area (Å²) < 4.78 is 5.06. The molecule has 1 aromatic rings. The van der Waals surface area contributed by atoms with Gasteiger partial charge in [0.15, 0.2) is 0 Å². The number of hydrogen-bond donors (Lipinski definition) is 0.